The Morgan fingerprint density at radius 1 is 0.857 bits per heavy atom. The summed E-state index contributed by atoms with van der Waals surface area (Å²) >= 11 is 0. The lowest BCUT2D eigenvalue weighted by Gasteiger charge is -2.50. The number of carbonyl (C=O) groups is 2. The van der Waals surface area contributed by atoms with E-state index in [1.165, 1.54) is 20.1 Å². The van der Waals surface area contributed by atoms with Crippen molar-refractivity contribution in [3.63, 3.8) is 0 Å². The molecule has 18 heteroatoms. The van der Waals surface area contributed by atoms with E-state index in [9.17, 15) is 45.3 Å². The molecule has 4 heterocycles. The van der Waals surface area contributed by atoms with E-state index in [0.29, 0.717) is 12.0 Å². The zero-order chi connectivity index (χ0) is 47.1. The fourth-order valence-corrected chi connectivity index (χ4v) is 9.35. The Balaban J connectivity index is 1.61. The van der Waals surface area contributed by atoms with E-state index in [2.05, 4.69) is 0 Å². The fourth-order valence-electron chi connectivity index (χ4n) is 9.35. The second kappa shape index (κ2) is 23.7. The highest BCUT2D eigenvalue weighted by Crippen LogP contribution is 2.37. The summed E-state index contributed by atoms with van der Waals surface area (Å²) in [5.74, 6) is -3.42. The van der Waals surface area contributed by atoms with E-state index in [1.807, 2.05) is 13.0 Å². The van der Waals surface area contributed by atoms with Crippen molar-refractivity contribution < 1.29 is 83.2 Å². The summed E-state index contributed by atoms with van der Waals surface area (Å²) in [7, 11) is 4.89. The number of hydrogen-bond donors (Lipinski definition) is 7. The zero-order valence-electron chi connectivity index (χ0n) is 38.9. The van der Waals surface area contributed by atoms with Crippen LogP contribution in [0.25, 0.3) is 0 Å². The molecule has 0 radical (unpaired) electrons. The molecule has 3 saturated heterocycles. The number of ketones is 1. The molecule has 0 spiro atoms. The van der Waals surface area contributed by atoms with Gasteiger partial charge in [-0.2, -0.15) is 0 Å². The highest BCUT2D eigenvalue weighted by atomic mass is 16.7. The fraction of sp³-hybridized carbons (Fsp3) is 0.867. The van der Waals surface area contributed by atoms with Crippen molar-refractivity contribution in [2.45, 2.75) is 191 Å². The lowest BCUT2D eigenvalue weighted by molar-refractivity contribution is -0.342. The molecule has 4 aliphatic heterocycles. The number of likely N-dealkylation sites (N-methyl/N-ethyl adjacent to an activating group) is 1. The molecule has 21 atom stereocenters. The van der Waals surface area contributed by atoms with Gasteiger partial charge in [-0.3, -0.25) is 9.59 Å². The van der Waals surface area contributed by atoms with Gasteiger partial charge in [0.25, 0.3) is 0 Å². The van der Waals surface area contributed by atoms with Crippen molar-refractivity contribution in [1.82, 2.24) is 4.90 Å². The van der Waals surface area contributed by atoms with Gasteiger partial charge in [-0.25, -0.2) is 0 Å². The van der Waals surface area contributed by atoms with Gasteiger partial charge in [-0.1, -0.05) is 38.5 Å². The van der Waals surface area contributed by atoms with Crippen LogP contribution in [0.4, 0.5) is 0 Å². The molecule has 63 heavy (non-hydrogen) atoms. The molecular weight excluding hydrogens is 826 g/mol. The van der Waals surface area contributed by atoms with E-state index in [1.54, 1.807) is 66.6 Å². The summed E-state index contributed by atoms with van der Waals surface area (Å²) in [4.78, 5) is 29.2. The summed E-state index contributed by atoms with van der Waals surface area (Å²) in [5.41, 5.74) is -0.813. The van der Waals surface area contributed by atoms with Crippen LogP contribution in [0.2, 0.25) is 0 Å². The average molecular weight is 904 g/mol. The Bertz CT molecular complexity index is 1510. The van der Waals surface area contributed by atoms with Gasteiger partial charge < -0.3 is 78.5 Å². The predicted molar refractivity (Wildman–Crippen MR) is 227 cm³/mol. The highest BCUT2D eigenvalue weighted by Gasteiger charge is 2.51. The third-order valence-corrected chi connectivity index (χ3v) is 13.3. The lowest BCUT2D eigenvalue weighted by Crippen LogP contribution is -2.65. The molecule has 0 aromatic carbocycles. The molecule has 364 valence electrons. The monoisotopic (exact) mass is 904 g/mol. The molecule has 0 aliphatic carbocycles. The quantitative estimate of drug-likeness (QED) is 0.135. The van der Waals surface area contributed by atoms with Gasteiger partial charge in [-0.05, 0) is 80.0 Å². The van der Waals surface area contributed by atoms with Gasteiger partial charge >= 0.3 is 5.97 Å². The molecule has 0 amide bonds. The number of aliphatic hydroxyl groups excluding tert-OH is 6. The van der Waals surface area contributed by atoms with Crippen LogP contribution in [0.5, 0.6) is 0 Å². The van der Waals surface area contributed by atoms with Crippen LogP contribution in [-0.2, 0) is 47.5 Å². The first kappa shape index (κ1) is 53.6. The Kier molecular flexibility index (Phi) is 20.1. The Morgan fingerprint density at radius 3 is 2.13 bits per heavy atom. The van der Waals surface area contributed by atoms with Gasteiger partial charge in [-0.15, -0.1) is 0 Å². The van der Waals surface area contributed by atoms with Gasteiger partial charge in [0, 0.05) is 37.9 Å². The summed E-state index contributed by atoms with van der Waals surface area (Å²) in [6.07, 6.45) is -10.0. The third-order valence-electron chi connectivity index (χ3n) is 13.3. The van der Waals surface area contributed by atoms with Gasteiger partial charge in [0.15, 0.2) is 24.7 Å². The summed E-state index contributed by atoms with van der Waals surface area (Å²) in [6.45, 7) is 13.3. The van der Waals surface area contributed by atoms with Crippen LogP contribution in [0, 0.1) is 23.7 Å². The molecule has 4 aliphatic rings. The average Bonchev–Trinajstić information content (AvgIpc) is 3.21. The van der Waals surface area contributed by atoms with E-state index >= 15 is 0 Å². The molecule has 4 rings (SSSR count). The minimum atomic E-state index is -1.49. The number of ether oxygens (including phenoxy) is 8. The van der Waals surface area contributed by atoms with E-state index in [4.69, 9.17) is 37.9 Å². The maximum absolute atomic E-state index is 13.7. The van der Waals surface area contributed by atoms with E-state index in [-0.39, 0.29) is 38.3 Å². The topological polar surface area (TPSA) is 253 Å². The molecular formula is C45H77NO17. The largest absolute Gasteiger partial charge is 0.462 e. The molecule has 0 bridgehead atoms. The van der Waals surface area contributed by atoms with Crippen LogP contribution in [0.3, 0.4) is 0 Å². The number of allylic oxidation sites excluding steroid dienone is 3. The number of rotatable bonds is 12. The minimum Gasteiger partial charge on any atom is -0.462 e. The predicted octanol–water partition coefficient (Wildman–Crippen LogP) is 0.973. The van der Waals surface area contributed by atoms with E-state index < -0.39 is 140 Å². The maximum atomic E-state index is 13.7. The van der Waals surface area contributed by atoms with Crippen LogP contribution >= 0.6 is 0 Å². The van der Waals surface area contributed by atoms with Crippen molar-refractivity contribution in [3.05, 3.63) is 23.8 Å². The Hall–Kier alpha value is -1.98. The number of cyclic esters (lactones) is 1. The number of hydrogen-bond acceptors (Lipinski definition) is 18. The Morgan fingerprint density at radius 2 is 1.52 bits per heavy atom. The first-order chi connectivity index (χ1) is 29.5. The first-order valence-corrected chi connectivity index (χ1v) is 22.5. The lowest BCUT2D eigenvalue weighted by atomic mass is 9.79. The molecule has 18 nitrogen and oxygen atoms in total. The van der Waals surface area contributed by atoms with E-state index in [0.717, 1.165) is 0 Å². The molecule has 0 aromatic rings. The van der Waals surface area contributed by atoms with Crippen molar-refractivity contribution in [1.29, 1.82) is 0 Å². The third kappa shape index (κ3) is 13.6. The zero-order valence-corrected chi connectivity index (χ0v) is 38.9. The number of carbonyl (C=O) groups excluding carboxylic acids is 2. The second-order valence-electron chi connectivity index (χ2n) is 18.6. The summed E-state index contributed by atoms with van der Waals surface area (Å²) in [6, 6.07) is -0.734. The molecule has 3 fully saturated rings. The SMILES string of the molecule is CC[C@H]1OC(=O)C[C@@H](O)[C@H](C)[C@@H](O[C@@H]2O[C@H](C)[C@@H](O[C@H]3C[C@@](C)(O)[C@@H](O)[C@H](C)O3)[C@H](N(C)C)[C@H]2O)[C@@H](CCO)C[C@@H](C)C(=O)/C=C/C(C)=C/[C@@H]1CO[C@@H]1O[C@H](C)[C@@H](O)[C@@H](O)[C@H]1OC. The highest BCUT2D eigenvalue weighted by molar-refractivity contribution is 5.91. The smallest absolute Gasteiger partial charge is 0.308 e. The molecule has 7 N–H and O–H groups in total. The van der Waals surface area contributed by atoms with Crippen LogP contribution in [-0.4, -0.2) is 191 Å². The van der Waals surface area contributed by atoms with Gasteiger partial charge in [0.2, 0.25) is 0 Å². The molecule has 0 saturated carbocycles. The number of esters is 1. The second-order valence-corrected chi connectivity index (χ2v) is 18.6. The van der Waals surface area contributed by atoms with Crippen LogP contribution in [0.1, 0.15) is 87.5 Å². The van der Waals surface area contributed by atoms with Crippen LogP contribution < -0.4 is 0 Å². The summed E-state index contributed by atoms with van der Waals surface area (Å²) < 4.78 is 48.7. The first-order valence-electron chi connectivity index (χ1n) is 22.5. The van der Waals surface area contributed by atoms with Gasteiger partial charge in [0.1, 0.15) is 42.7 Å². The molecule has 0 unspecified atom stereocenters. The molecule has 0 aromatic heterocycles. The summed E-state index contributed by atoms with van der Waals surface area (Å²) in [5, 5.41) is 76.4. The van der Waals surface area contributed by atoms with Crippen molar-refractivity contribution >= 4 is 11.8 Å². The van der Waals surface area contributed by atoms with Crippen molar-refractivity contribution in [2.24, 2.45) is 23.7 Å². The minimum absolute atomic E-state index is 0.0314. The van der Waals surface area contributed by atoms with Crippen molar-refractivity contribution in [2.75, 3.05) is 34.4 Å². The number of nitrogens with zero attached hydrogens (tertiary/aromatic N) is 1. The van der Waals surface area contributed by atoms with Gasteiger partial charge in [0.05, 0.1) is 55.2 Å². The number of methoxy groups -OCH3 is 1. The number of aliphatic hydroxyl groups is 7. The normalized spacial score (nSPS) is 46.6. The maximum Gasteiger partial charge on any atom is 0.308 e. The van der Waals surface area contributed by atoms with Crippen LogP contribution in [0.15, 0.2) is 23.8 Å². The Labute approximate surface area is 372 Å². The van der Waals surface area contributed by atoms with Crippen molar-refractivity contribution in [3.8, 4) is 0 Å². The standard InChI is InChI=1S/C45H77NO17/c1-12-32-29(21-57-44-41(56-11)38(53)36(51)25(5)59-44)17-22(2)13-14-30(48)23(3)18-28(15-16-47)39(24(4)31(49)19-33(50)61-32)63-43-37(52)35(46(9)10)40(26(6)60-43)62-34-20-45(8,55)42(54)27(7)58-34/h13-14,17,23-29,31-32,34-44,47,49,51-55H,12,15-16,18-21H2,1-11H3/b14-13+,22-17+/t23-,24+,25-,26-,27+,28+,29-,31-,32-,34+,35-,36-,37-,38-,39-,40-,41-,42+,43+,44-,45-/m1/s1.